The summed E-state index contributed by atoms with van der Waals surface area (Å²) in [6.07, 6.45) is 2.28. The quantitative estimate of drug-likeness (QED) is 0.786. The van der Waals surface area contributed by atoms with Crippen molar-refractivity contribution < 1.29 is 0 Å². The molecule has 0 aromatic carbocycles. The SMILES string of the molecule is CCCNc1ccc(Cl)c(CSC(C)CC)n1. The highest BCUT2D eigenvalue weighted by Gasteiger charge is 2.06. The number of nitrogens with one attached hydrogen (secondary N) is 1. The predicted molar refractivity (Wildman–Crippen MR) is 79.1 cm³/mol. The number of halogens is 1. The highest BCUT2D eigenvalue weighted by atomic mass is 35.5. The van der Waals surface area contributed by atoms with E-state index in [1.165, 1.54) is 6.42 Å². The molecule has 0 saturated heterocycles. The van der Waals surface area contributed by atoms with Gasteiger partial charge in [0.05, 0.1) is 10.7 Å². The molecule has 2 nitrogen and oxygen atoms in total. The lowest BCUT2D eigenvalue weighted by molar-refractivity contribution is 0.903. The molecule has 1 atom stereocenters. The third-order valence-electron chi connectivity index (χ3n) is 2.55. The number of hydrogen-bond acceptors (Lipinski definition) is 3. The van der Waals surface area contributed by atoms with E-state index in [0.717, 1.165) is 35.3 Å². The van der Waals surface area contributed by atoms with E-state index >= 15 is 0 Å². The molecule has 1 unspecified atom stereocenters. The minimum absolute atomic E-state index is 0.653. The van der Waals surface area contributed by atoms with Crippen molar-refractivity contribution in [1.82, 2.24) is 4.98 Å². The number of thioether (sulfide) groups is 1. The highest BCUT2D eigenvalue weighted by molar-refractivity contribution is 7.99. The maximum atomic E-state index is 6.15. The number of nitrogens with zero attached hydrogens (tertiary/aromatic N) is 1. The van der Waals surface area contributed by atoms with E-state index in [-0.39, 0.29) is 0 Å². The Morgan fingerprint density at radius 2 is 2.18 bits per heavy atom. The molecule has 0 aliphatic carbocycles. The van der Waals surface area contributed by atoms with Crippen LogP contribution in [0.5, 0.6) is 0 Å². The zero-order valence-electron chi connectivity index (χ0n) is 10.8. The summed E-state index contributed by atoms with van der Waals surface area (Å²) in [5.41, 5.74) is 0.984. The number of pyridine rings is 1. The summed E-state index contributed by atoms with van der Waals surface area (Å²) < 4.78 is 0. The predicted octanol–water partition coefficient (Wildman–Crippen LogP) is 4.59. The van der Waals surface area contributed by atoms with E-state index in [4.69, 9.17) is 11.6 Å². The maximum Gasteiger partial charge on any atom is 0.126 e. The first-order valence-corrected chi connectivity index (χ1v) is 7.60. The molecule has 1 aromatic heterocycles. The van der Waals surface area contributed by atoms with Gasteiger partial charge in [0, 0.05) is 17.5 Å². The first kappa shape index (κ1) is 14.7. The van der Waals surface area contributed by atoms with E-state index in [2.05, 4.69) is 31.1 Å². The van der Waals surface area contributed by atoms with Crippen molar-refractivity contribution in [3.05, 3.63) is 22.8 Å². The van der Waals surface area contributed by atoms with Gasteiger partial charge in [-0.05, 0) is 25.0 Å². The monoisotopic (exact) mass is 272 g/mol. The summed E-state index contributed by atoms with van der Waals surface area (Å²) in [5.74, 6) is 1.81. The van der Waals surface area contributed by atoms with Gasteiger partial charge in [0.1, 0.15) is 5.82 Å². The van der Waals surface area contributed by atoms with Gasteiger partial charge in [-0.25, -0.2) is 4.98 Å². The standard InChI is InChI=1S/C13H21ClN2S/c1-4-8-15-13-7-6-11(14)12(16-13)9-17-10(3)5-2/h6-7,10H,4-5,8-9H2,1-3H3,(H,15,16). The van der Waals surface area contributed by atoms with Crippen molar-refractivity contribution in [2.24, 2.45) is 0 Å². The van der Waals surface area contributed by atoms with E-state index in [1.807, 2.05) is 23.9 Å². The molecule has 0 amide bonds. The molecule has 17 heavy (non-hydrogen) atoms. The lowest BCUT2D eigenvalue weighted by atomic mass is 10.3. The van der Waals surface area contributed by atoms with Crippen LogP contribution in [0, 0.1) is 0 Å². The fourth-order valence-electron chi connectivity index (χ4n) is 1.28. The second-order valence-corrected chi connectivity index (χ2v) is 5.92. The van der Waals surface area contributed by atoms with Gasteiger partial charge < -0.3 is 5.32 Å². The first-order valence-electron chi connectivity index (χ1n) is 6.18. The molecule has 0 aliphatic heterocycles. The zero-order chi connectivity index (χ0) is 12.7. The summed E-state index contributed by atoms with van der Waals surface area (Å²) in [6.45, 7) is 7.53. The van der Waals surface area contributed by atoms with Crippen molar-refractivity contribution in [1.29, 1.82) is 0 Å². The van der Waals surface area contributed by atoms with Crippen LogP contribution in [0.2, 0.25) is 5.02 Å². The van der Waals surface area contributed by atoms with Crippen LogP contribution in [0.1, 0.15) is 39.3 Å². The van der Waals surface area contributed by atoms with Gasteiger partial charge in [-0.1, -0.05) is 32.4 Å². The Hall–Kier alpha value is -0.410. The van der Waals surface area contributed by atoms with Crippen molar-refractivity contribution in [2.45, 2.75) is 44.6 Å². The Labute approximate surface area is 114 Å². The second kappa shape index (κ2) is 7.83. The van der Waals surface area contributed by atoms with E-state index in [0.29, 0.717) is 5.25 Å². The molecule has 1 heterocycles. The minimum Gasteiger partial charge on any atom is -0.370 e. The summed E-state index contributed by atoms with van der Waals surface area (Å²) in [4.78, 5) is 4.55. The van der Waals surface area contributed by atoms with Crippen LogP contribution in [0.3, 0.4) is 0 Å². The van der Waals surface area contributed by atoms with Crippen LogP contribution < -0.4 is 5.32 Å². The fraction of sp³-hybridized carbons (Fsp3) is 0.615. The smallest absolute Gasteiger partial charge is 0.126 e. The molecular weight excluding hydrogens is 252 g/mol. The normalized spacial score (nSPS) is 12.5. The molecule has 0 aliphatic rings. The van der Waals surface area contributed by atoms with Crippen molar-refractivity contribution in [3.8, 4) is 0 Å². The first-order chi connectivity index (χ1) is 8.17. The van der Waals surface area contributed by atoms with Gasteiger partial charge in [0.25, 0.3) is 0 Å². The van der Waals surface area contributed by atoms with Crippen LogP contribution in [0.4, 0.5) is 5.82 Å². The molecule has 1 rings (SSSR count). The largest absolute Gasteiger partial charge is 0.370 e. The van der Waals surface area contributed by atoms with E-state index in [1.54, 1.807) is 0 Å². The maximum absolute atomic E-state index is 6.15. The number of anilines is 1. The van der Waals surface area contributed by atoms with Crippen LogP contribution in [-0.2, 0) is 5.75 Å². The van der Waals surface area contributed by atoms with Crippen molar-refractivity contribution in [2.75, 3.05) is 11.9 Å². The Morgan fingerprint density at radius 1 is 1.41 bits per heavy atom. The van der Waals surface area contributed by atoms with Crippen molar-refractivity contribution in [3.63, 3.8) is 0 Å². The fourth-order valence-corrected chi connectivity index (χ4v) is 2.43. The number of hydrogen-bond donors (Lipinski definition) is 1. The topological polar surface area (TPSA) is 24.9 Å². The molecule has 96 valence electrons. The van der Waals surface area contributed by atoms with E-state index < -0.39 is 0 Å². The lowest BCUT2D eigenvalue weighted by Gasteiger charge is -2.10. The third-order valence-corrected chi connectivity index (χ3v) is 4.24. The van der Waals surface area contributed by atoms with Gasteiger partial charge in [-0.3, -0.25) is 0 Å². The van der Waals surface area contributed by atoms with Crippen LogP contribution >= 0.6 is 23.4 Å². The molecule has 0 saturated carbocycles. The molecular formula is C13H21ClN2S. The Bertz CT molecular complexity index is 344. The molecule has 0 radical (unpaired) electrons. The van der Waals surface area contributed by atoms with Crippen LogP contribution in [-0.4, -0.2) is 16.8 Å². The van der Waals surface area contributed by atoms with Crippen LogP contribution in [0.25, 0.3) is 0 Å². The molecule has 0 spiro atoms. The summed E-state index contributed by atoms with van der Waals surface area (Å²) in [7, 11) is 0. The molecule has 0 fully saturated rings. The van der Waals surface area contributed by atoms with Crippen molar-refractivity contribution >= 4 is 29.2 Å². The Balaban J connectivity index is 2.62. The molecule has 1 aromatic rings. The van der Waals surface area contributed by atoms with Gasteiger partial charge in [0.15, 0.2) is 0 Å². The van der Waals surface area contributed by atoms with Gasteiger partial charge in [-0.15, -0.1) is 0 Å². The average Bonchev–Trinajstić information content (AvgIpc) is 2.35. The summed E-state index contributed by atoms with van der Waals surface area (Å²) in [5, 5.41) is 4.70. The van der Waals surface area contributed by atoms with Gasteiger partial charge in [-0.2, -0.15) is 11.8 Å². The third kappa shape index (κ3) is 5.17. The average molecular weight is 273 g/mol. The Morgan fingerprint density at radius 3 is 2.82 bits per heavy atom. The lowest BCUT2D eigenvalue weighted by Crippen LogP contribution is -2.04. The molecule has 1 N–H and O–H groups in total. The zero-order valence-corrected chi connectivity index (χ0v) is 12.4. The molecule has 0 bridgehead atoms. The number of aromatic nitrogens is 1. The summed E-state index contributed by atoms with van der Waals surface area (Å²) in [6, 6.07) is 3.87. The highest BCUT2D eigenvalue weighted by Crippen LogP contribution is 2.24. The second-order valence-electron chi connectivity index (χ2n) is 4.08. The van der Waals surface area contributed by atoms with Gasteiger partial charge in [0.2, 0.25) is 0 Å². The summed E-state index contributed by atoms with van der Waals surface area (Å²) >= 11 is 8.05. The van der Waals surface area contributed by atoms with Gasteiger partial charge >= 0.3 is 0 Å². The Kier molecular flexibility index (Phi) is 6.75. The van der Waals surface area contributed by atoms with Crippen LogP contribution in [0.15, 0.2) is 12.1 Å². The number of rotatable bonds is 7. The molecule has 4 heteroatoms. The minimum atomic E-state index is 0.653. The van der Waals surface area contributed by atoms with E-state index in [9.17, 15) is 0 Å².